The van der Waals surface area contributed by atoms with E-state index in [0.717, 1.165) is 27.6 Å². The van der Waals surface area contributed by atoms with E-state index in [1.54, 1.807) is 42.5 Å². The molecule has 0 saturated heterocycles. The van der Waals surface area contributed by atoms with Crippen molar-refractivity contribution in [3.63, 3.8) is 0 Å². The minimum Gasteiger partial charge on any atom is -0.507 e. The molecule has 6 heteroatoms. The minimum atomic E-state index is -0.903. The summed E-state index contributed by atoms with van der Waals surface area (Å²) in [4.78, 5) is 26.6. The first-order valence-corrected chi connectivity index (χ1v) is 11.3. The third-order valence-corrected chi connectivity index (χ3v) is 6.28. The summed E-state index contributed by atoms with van der Waals surface area (Å²) in [5.41, 5.74) is 5.59. The van der Waals surface area contributed by atoms with Crippen LogP contribution in [0.25, 0.3) is 44.3 Å². The number of nitrogens with one attached hydrogen (secondary N) is 1. The van der Waals surface area contributed by atoms with E-state index in [4.69, 9.17) is 16.7 Å². The normalized spacial score (nSPS) is 11.0. The number of aromatic amines is 1. The Morgan fingerprint density at radius 2 is 1.34 bits per heavy atom. The highest BCUT2D eigenvalue weighted by atomic mass is 35.5. The van der Waals surface area contributed by atoms with Crippen LogP contribution in [0, 0.1) is 0 Å². The molecule has 0 fully saturated rings. The average Bonchev–Trinajstić information content (AvgIpc) is 2.84. The van der Waals surface area contributed by atoms with Gasteiger partial charge in [-0.05, 0) is 51.9 Å². The van der Waals surface area contributed by atoms with E-state index in [1.807, 2.05) is 48.5 Å². The molecule has 0 amide bonds. The Kier molecular flexibility index (Phi) is 5.85. The zero-order valence-corrected chi connectivity index (χ0v) is 19.2. The van der Waals surface area contributed by atoms with Crippen molar-refractivity contribution in [2.24, 2.45) is 0 Å². The van der Waals surface area contributed by atoms with Crippen LogP contribution in [0.5, 0.6) is 5.75 Å². The van der Waals surface area contributed by atoms with Crippen molar-refractivity contribution in [2.45, 2.75) is 6.42 Å². The van der Waals surface area contributed by atoms with Gasteiger partial charge in [0.1, 0.15) is 5.75 Å². The lowest BCUT2D eigenvalue weighted by Crippen LogP contribution is -2.09. The molecule has 1 heterocycles. The number of para-hydroxylation sites is 1. The van der Waals surface area contributed by atoms with Gasteiger partial charge in [0.2, 0.25) is 0 Å². The van der Waals surface area contributed by atoms with Gasteiger partial charge in [-0.15, -0.1) is 0 Å². The fraction of sp³-hybridized carbons (Fsp3) is 0.0345. The molecule has 35 heavy (non-hydrogen) atoms. The Hall–Kier alpha value is -4.35. The number of carbonyl (C=O) groups is 1. The van der Waals surface area contributed by atoms with Crippen molar-refractivity contribution in [1.82, 2.24) is 4.98 Å². The topological polar surface area (TPSA) is 90.4 Å². The van der Waals surface area contributed by atoms with Crippen LogP contribution in [0.4, 0.5) is 0 Å². The Morgan fingerprint density at radius 3 is 2.00 bits per heavy atom. The number of phenolic OH excluding ortho intramolecular Hbond substituents is 1. The molecule has 0 radical (unpaired) electrons. The van der Waals surface area contributed by atoms with E-state index < -0.39 is 5.97 Å². The SMILES string of the molecule is O=C(O)Cc1ccc(-c2cc3cc(-c4ccc(-c5ccccc5O)cc4)c(Cl)cc3[nH]c2=O)cc1. The molecule has 5 nitrogen and oxygen atoms in total. The van der Waals surface area contributed by atoms with E-state index >= 15 is 0 Å². The fourth-order valence-corrected chi connectivity index (χ4v) is 4.46. The summed E-state index contributed by atoms with van der Waals surface area (Å²) in [7, 11) is 0. The molecule has 0 spiro atoms. The van der Waals surface area contributed by atoms with Crippen molar-refractivity contribution in [3.8, 4) is 39.1 Å². The van der Waals surface area contributed by atoms with Crippen LogP contribution in [0.1, 0.15) is 5.56 Å². The predicted molar refractivity (Wildman–Crippen MR) is 139 cm³/mol. The lowest BCUT2D eigenvalue weighted by Gasteiger charge is -2.11. The van der Waals surface area contributed by atoms with Gasteiger partial charge < -0.3 is 15.2 Å². The van der Waals surface area contributed by atoms with E-state index in [1.165, 1.54) is 0 Å². The molecular formula is C29H20ClNO4. The predicted octanol–water partition coefficient (Wildman–Crippen LogP) is 6.52. The summed E-state index contributed by atoms with van der Waals surface area (Å²) in [6, 6.07) is 27.4. The van der Waals surface area contributed by atoms with Gasteiger partial charge in [0, 0.05) is 22.2 Å². The summed E-state index contributed by atoms with van der Waals surface area (Å²) in [5, 5.41) is 20.4. The molecule has 5 aromatic rings. The number of H-pyrrole nitrogens is 1. The summed E-state index contributed by atoms with van der Waals surface area (Å²) >= 11 is 6.58. The summed E-state index contributed by atoms with van der Waals surface area (Å²) < 4.78 is 0. The first-order chi connectivity index (χ1) is 16.9. The van der Waals surface area contributed by atoms with Gasteiger partial charge in [-0.3, -0.25) is 9.59 Å². The molecule has 0 atom stereocenters. The number of hydrogen-bond donors (Lipinski definition) is 3. The zero-order chi connectivity index (χ0) is 24.5. The molecule has 0 unspecified atom stereocenters. The Balaban J connectivity index is 1.53. The first-order valence-electron chi connectivity index (χ1n) is 11.0. The number of pyridine rings is 1. The second-order valence-corrected chi connectivity index (χ2v) is 8.70. The molecule has 172 valence electrons. The van der Waals surface area contributed by atoms with Crippen molar-refractivity contribution in [3.05, 3.63) is 112 Å². The van der Waals surface area contributed by atoms with Crippen LogP contribution in [0.2, 0.25) is 5.02 Å². The third-order valence-electron chi connectivity index (χ3n) is 5.96. The monoisotopic (exact) mass is 481 g/mol. The zero-order valence-electron chi connectivity index (χ0n) is 18.5. The second kappa shape index (κ2) is 9.12. The van der Waals surface area contributed by atoms with E-state index in [0.29, 0.717) is 27.2 Å². The second-order valence-electron chi connectivity index (χ2n) is 8.29. The van der Waals surface area contributed by atoms with Gasteiger partial charge >= 0.3 is 5.97 Å². The summed E-state index contributed by atoms with van der Waals surface area (Å²) in [5.74, 6) is -0.684. The Labute approximate surface area is 205 Å². The maximum atomic E-state index is 12.7. The third kappa shape index (κ3) is 4.54. The fourth-order valence-electron chi connectivity index (χ4n) is 4.19. The van der Waals surface area contributed by atoms with Crippen LogP contribution in [-0.2, 0) is 11.2 Å². The molecule has 5 rings (SSSR count). The number of fused-ring (bicyclic) bond motifs is 1. The number of benzene rings is 4. The molecule has 0 aliphatic carbocycles. The average molecular weight is 482 g/mol. The van der Waals surface area contributed by atoms with Crippen LogP contribution in [-0.4, -0.2) is 21.2 Å². The van der Waals surface area contributed by atoms with Crippen LogP contribution in [0.3, 0.4) is 0 Å². The number of carboxylic acid groups (broad SMARTS) is 1. The lowest BCUT2D eigenvalue weighted by atomic mass is 9.97. The van der Waals surface area contributed by atoms with Gasteiger partial charge in [0.25, 0.3) is 5.56 Å². The van der Waals surface area contributed by atoms with E-state index in [9.17, 15) is 14.7 Å². The van der Waals surface area contributed by atoms with Gasteiger partial charge in [-0.2, -0.15) is 0 Å². The smallest absolute Gasteiger partial charge is 0.307 e. The maximum absolute atomic E-state index is 12.7. The maximum Gasteiger partial charge on any atom is 0.307 e. The number of hydrogen-bond acceptors (Lipinski definition) is 3. The molecule has 0 bridgehead atoms. The number of rotatable bonds is 5. The van der Waals surface area contributed by atoms with Gasteiger partial charge in [0.05, 0.1) is 11.4 Å². The largest absolute Gasteiger partial charge is 0.507 e. The van der Waals surface area contributed by atoms with Crippen LogP contribution < -0.4 is 5.56 Å². The number of aromatic hydroxyl groups is 1. The van der Waals surface area contributed by atoms with Gasteiger partial charge in [-0.1, -0.05) is 78.3 Å². The van der Waals surface area contributed by atoms with Crippen molar-refractivity contribution < 1.29 is 15.0 Å². The van der Waals surface area contributed by atoms with E-state index in [2.05, 4.69) is 4.98 Å². The summed E-state index contributed by atoms with van der Waals surface area (Å²) in [6.07, 6.45) is -0.0705. The number of phenols is 1. The number of aromatic nitrogens is 1. The van der Waals surface area contributed by atoms with Crippen LogP contribution >= 0.6 is 11.6 Å². The summed E-state index contributed by atoms with van der Waals surface area (Å²) in [6.45, 7) is 0. The molecule has 3 N–H and O–H groups in total. The Bertz CT molecular complexity index is 1620. The first kappa shape index (κ1) is 22.4. The van der Waals surface area contributed by atoms with Gasteiger partial charge in [0.15, 0.2) is 0 Å². The standard InChI is InChI=1S/C29H20ClNO4/c30-25-16-26-21(15-24(29(35)31-26)20-7-5-17(6-8-20)13-28(33)34)14-23(25)19-11-9-18(10-12-19)22-3-1-2-4-27(22)32/h1-12,14-16,32H,13H2,(H,31,35)(H,33,34). The highest BCUT2D eigenvalue weighted by Gasteiger charge is 2.12. The highest BCUT2D eigenvalue weighted by molar-refractivity contribution is 6.34. The molecular weight excluding hydrogens is 462 g/mol. The highest BCUT2D eigenvalue weighted by Crippen LogP contribution is 2.35. The van der Waals surface area contributed by atoms with Gasteiger partial charge in [-0.25, -0.2) is 0 Å². The number of halogens is 1. The minimum absolute atomic E-state index is 0.0705. The van der Waals surface area contributed by atoms with E-state index in [-0.39, 0.29) is 17.7 Å². The Morgan fingerprint density at radius 1 is 0.771 bits per heavy atom. The number of aliphatic carboxylic acids is 1. The number of carboxylic acids is 1. The molecule has 1 aromatic heterocycles. The lowest BCUT2D eigenvalue weighted by molar-refractivity contribution is -0.136. The molecule has 0 aliphatic heterocycles. The molecule has 4 aromatic carbocycles. The van der Waals surface area contributed by atoms with Crippen molar-refractivity contribution in [2.75, 3.05) is 0 Å². The van der Waals surface area contributed by atoms with Crippen molar-refractivity contribution >= 4 is 28.5 Å². The molecule has 0 saturated carbocycles. The van der Waals surface area contributed by atoms with Crippen LogP contribution in [0.15, 0.2) is 95.8 Å². The quantitative estimate of drug-likeness (QED) is 0.266. The van der Waals surface area contributed by atoms with Crippen molar-refractivity contribution in [1.29, 1.82) is 0 Å². The molecule has 0 aliphatic rings.